The van der Waals surface area contributed by atoms with Gasteiger partial charge < -0.3 is 14.6 Å². The number of hydrogen-bond donors (Lipinski definition) is 1. The summed E-state index contributed by atoms with van der Waals surface area (Å²) in [6.07, 6.45) is 2.52. The van der Waals surface area contributed by atoms with E-state index in [1.165, 1.54) is 0 Å². The second-order valence-electron chi connectivity index (χ2n) is 6.67. The molecule has 110 valence electrons. The van der Waals surface area contributed by atoms with Gasteiger partial charge in [-0.25, -0.2) is 4.79 Å². The van der Waals surface area contributed by atoms with Gasteiger partial charge in [-0.1, -0.05) is 13.5 Å². The Hall–Kier alpha value is -1.13. The lowest BCUT2D eigenvalue weighted by Crippen LogP contribution is -2.51. The van der Waals surface area contributed by atoms with Crippen molar-refractivity contribution in [1.29, 1.82) is 0 Å². The second-order valence-corrected chi connectivity index (χ2v) is 6.67. The highest BCUT2D eigenvalue weighted by Crippen LogP contribution is 2.59. The van der Waals surface area contributed by atoms with Crippen molar-refractivity contribution < 1.29 is 19.4 Å². The first-order valence-electron chi connectivity index (χ1n) is 7.18. The molecule has 2 fully saturated rings. The molecule has 4 atom stereocenters. The highest BCUT2D eigenvalue weighted by Gasteiger charge is 2.59. The highest BCUT2D eigenvalue weighted by molar-refractivity contribution is 5.92. The van der Waals surface area contributed by atoms with Gasteiger partial charge in [-0.3, -0.25) is 0 Å². The molecule has 0 aromatic carbocycles. The van der Waals surface area contributed by atoms with Gasteiger partial charge in [-0.2, -0.15) is 0 Å². The lowest BCUT2D eigenvalue weighted by molar-refractivity contribution is -0.217. The van der Waals surface area contributed by atoms with Gasteiger partial charge in [0.05, 0.1) is 6.10 Å². The molecule has 1 heterocycles. The molecule has 3 aliphatic rings. The van der Waals surface area contributed by atoms with E-state index < -0.39 is 11.9 Å². The fraction of sp³-hybridized carbons (Fsp3) is 0.688. The van der Waals surface area contributed by atoms with Crippen LogP contribution in [0.1, 0.15) is 39.5 Å². The summed E-state index contributed by atoms with van der Waals surface area (Å²) in [6.45, 7) is 8.08. The molecular weight excluding hydrogens is 256 g/mol. The summed E-state index contributed by atoms with van der Waals surface area (Å²) in [7, 11) is 1.60. The molecular formula is C16H22O4. The van der Waals surface area contributed by atoms with Crippen molar-refractivity contribution >= 4 is 5.97 Å². The molecule has 2 saturated carbocycles. The van der Waals surface area contributed by atoms with E-state index in [0.717, 1.165) is 24.0 Å². The summed E-state index contributed by atoms with van der Waals surface area (Å²) in [5.74, 6) is -0.987. The topological polar surface area (TPSA) is 55.8 Å². The molecule has 4 heteroatoms. The maximum Gasteiger partial charge on any atom is 0.336 e. The zero-order valence-corrected chi connectivity index (χ0v) is 12.4. The first-order chi connectivity index (χ1) is 9.33. The third-order valence-corrected chi connectivity index (χ3v) is 5.56. The molecule has 0 unspecified atom stereocenters. The summed E-state index contributed by atoms with van der Waals surface area (Å²) in [6, 6.07) is 0. The zero-order valence-electron chi connectivity index (χ0n) is 12.4. The number of aliphatic hydroxyl groups is 1. The predicted octanol–water partition coefficient (Wildman–Crippen LogP) is 2.33. The fourth-order valence-corrected chi connectivity index (χ4v) is 4.22. The molecule has 2 aliphatic carbocycles. The average molecular weight is 278 g/mol. The van der Waals surface area contributed by atoms with Gasteiger partial charge in [-0.05, 0) is 43.1 Å². The van der Waals surface area contributed by atoms with Crippen LogP contribution in [0.3, 0.4) is 0 Å². The SMILES string of the molecule is C=C1[C@H](O)CC[C@]2(C)C[C@@]3(OC)OC(=O)C(C)=C3C[C@@H]12. The molecule has 4 nitrogen and oxygen atoms in total. The summed E-state index contributed by atoms with van der Waals surface area (Å²) >= 11 is 0. The molecule has 0 aromatic rings. The number of rotatable bonds is 1. The van der Waals surface area contributed by atoms with Crippen molar-refractivity contribution in [2.45, 2.75) is 51.4 Å². The summed E-state index contributed by atoms with van der Waals surface area (Å²) in [4.78, 5) is 11.9. The van der Waals surface area contributed by atoms with E-state index in [1.807, 2.05) is 0 Å². The zero-order chi connectivity index (χ0) is 14.7. The molecule has 0 amide bonds. The number of carbonyl (C=O) groups excluding carboxylic acids is 1. The normalized spacial score (nSPS) is 44.2. The lowest BCUT2D eigenvalue weighted by Gasteiger charge is -2.52. The highest BCUT2D eigenvalue weighted by atomic mass is 16.7. The Morgan fingerprint density at radius 1 is 1.50 bits per heavy atom. The van der Waals surface area contributed by atoms with Gasteiger partial charge in [0.2, 0.25) is 5.79 Å². The Bertz CT molecular complexity index is 521. The number of esters is 1. The van der Waals surface area contributed by atoms with Crippen molar-refractivity contribution in [1.82, 2.24) is 0 Å². The van der Waals surface area contributed by atoms with Crippen LogP contribution >= 0.6 is 0 Å². The molecule has 0 spiro atoms. The van der Waals surface area contributed by atoms with E-state index in [0.29, 0.717) is 18.4 Å². The van der Waals surface area contributed by atoms with Gasteiger partial charge in [0.1, 0.15) is 0 Å². The molecule has 0 saturated heterocycles. The van der Waals surface area contributed by atoms with E-state index in [4.69, 9.17) is 9.47 Å². The van der Waals surface area contributed by atoms with E-state index in [-0.39, 0.29) is 17.3 Å². The van der Waals surface area contributed by atoms with E-state index in [2.05, 4.69) is 13.5 Å². The van der Waals surface area contributed by atoms with Crippen LogP contribution in [0.2, 0.25) is 0 Å². The van der Waals surface area contributed by atoms with Crippen LogP contribution in [0.15, 0.2) is 23.3 Å². The molecule has 1 N–H and O–H groups in total. The van der Waals surface area contributed by atoms with Gasteiger partial charge in [-0.15, -0.1) is 0 Å². The Balaban J connectivity index is 2.05. The summed E-state index contributed by atoms with van der Waals surface area (Å²) < 4.78 is 11.2. The van der Waals surface area contributed by atoms with E-state index in [9.17, 15) is 9.90 Å². The Morgan fingerprint density at radius 2 is 2.20 bits per heavy atom. The third kappa shape index (κ3) is 1.64. The summed E-state index contributed by atoms with van der Waals surface area (Å²) in [5.41, 5.74) is 2.44. The quantitative estimate of drug-likeness (QED) is 0.591. The first kappa shape index (κ1) is 13.8. The molecule has 20 heavy (non-hydrogen) atoms. The van der Waals surface area contributed by atoms with Crippen molar-refractivity contribution in [3.05, 3.63) is 23.3 Å². The van der Waals surface area contributed by atoms with Crippen LogP contribution in [0.4, 0.5) is 0 Å². The average Bonchev–Trinajstić information content (AvgIpc) is 2.65. The van der Waals surface area contributed by atoms with E-state index >= 15 is 0 Å². The van der Waals surface area contributed by atoms with Crippen LogP contribution < -0.4 is 0 Å². The van der Waals surface area contributed by atoms with Crippen molar-refractivity contribution in [2.75, 3.05) is 7.11 Å². The first-order valence-corrected chi connectivity index (χ1v) is 7.18. The van der Waals surface area contributed by atoms with E-state index in [1.54, 1.807) is 14.0 Å². The minimum Gasteiger partial charge on any atom is -0.426 e. The largest absolute Gasteiger partial charge is 0.426 e. The maximum absolute atomic E-state index is 11.9. The minimum atomic E-state index is -0.894. The predicted molar refractivity (Wildman–Crippen MR) is 73.7 cm³/mol. The number of methoxy groups -OCH3 is 1. The standard InChI is InChI=1S/C16H22O4/c1-9-11-7-12-10(2)14(18)20-16(12,19-4)8-15(11,3)6-5-13(9)17/h11,13,17H,1,5-8H2,2-4H3/t11-,13+,15+,16+/m0/s1. The minimum absolute atomic E-state index is 0.0409. The Kier molecular flexibility index (Phi) is 2.89. The molecule has 0 bridgehead atoms. The van der Waals surface area contributed by atoms with Crippen molar-refractivity contribution in [2.24, 2.45) is 11.3 Å². The Morgan fingerprint density at radius 3 is 2.85 bits per heavy atom. The van der Waals surface area contributed by atoms with Crippen LogP contribution in [-0.2, 0) is 14.3 Å². The Labute approximate surface area is 119 Å². The lowest BCUT2D eigenvalue weighted by atomic mass is 9.56. The number of fused-ring (bicyclic) bond motifs is 2. The second kappa shape index (κ2) is 4.18. The molecule has 1 aliphatic heterocycles. The number of ether oxygens (including phenoxy) is 2. The van der Waals surface area contributed by atoms with Gasteiger partial charge in [0.25, 0.3) is 0 Å². The van der Waals surface area contributed by atoms with Crippen molar-refractivity contribution in [3.63, 3.8) is 0 Å². The molecule has 0 radical (unpaired) electrons. The van der Waals surface area contributed by atoms with Crippen LogP contribution in [0, 0.1) is 11.3 Å². The number of carbonyl (C=O) groups is 1. The third-order valence-electron chi connectivity index (χ3n) is 5.56. The molecule has 0 aromatic heterocycles. The molecule has 3 rings (SSSR count). The monoisotopic (exact) mass is 278 g/mol. The number of hydrogen-bond acceptors (Lipinski definition) is 4. The van der Waals surface area contributed by atoms with Crippen molar-refractivity contribution in [3.8, 4) is 0 Å². The maximum atomic E-state index is 11.9. The summed E-state index contributed by atoms with van der Waals surface area (Å²) in [5, 5.41) is 10.1. The van der Waals surface area contributed by atoms with Gasteiger partial charge in [0, 0.05) is 24.7 Å². The van der Waals surface area contributed by atoms with Gasteiger partial charge in [0.15, 0.2) is 0 Å². The fourth-order valence-electron chi connectivity index (χ4n) is 4.22. The van der Waals surface area contributed by atoms with Crippen LogP contribution in [-0.4, -0.2) is 30.1 Å². The van der Waals surface area contributed by atoms with Gasteiger partial charge >= 0.3 is 5.97 Å². The number of aliphatic hydroxyl groups excluding tert-OH is 1. The van der Waals surface area contributed by atoms with Crippen LogP contribution in [0.25, 0.3) is 0 Å². The van der Waals surface area contributed by atoms with Crippen LogP contribution in [0.5, 0.6) is 0 Å². The smallest absolute Gasteiger partial charge is 0.336 e.